The largest absolute Gasteiger partial charge is 0.314 e. The molecule has 1 heterocycles. The second kappa shape index (κ2) is 5.53. The molecular formula is C15H22N2O. The fourth-order valence-corrected chi connectivity index (χ4v) is 2.60. The minimum Gasteiger partial charge on any atom is -0.314 e. The third-order valence-electron chi connectivity index (χ3n) is 3.65. The molecule has 3 nitrogen and oxygen atoms in total. The van der Waals surface area contributed by atoms with Gasteiger partial charge in [0.05, 0.1) is 6.04 Å². The van der Waals surface area contributed by atoms with E-state index in [1.54, 1.807) is 4.90 Å². The Labute approximate surface area is 109 Å². The number of carbonyl (C=O) groups is 1. The fraction of sp³-hybridized carbons (Fsp3) is 0.533. The first-order chi connectivity index (χ1) is 8.59. The van der Waals surface area contributed by atoms with E-state index in [1.807, 2.05) is 13.1 Å². The number of hydrogen-bond donors (Lipinski definition) is 1. The molecule has 1 saturated heterocycles. The van der Waals surface area contributed by atoms with Gasteiger partial charge in [-0.05, 0) is 44.9 Å². The second-order valence-corrected chi connectivity index (χ2v) is 5.19. The maximum atomic E-state index is 12.4. The van der Waals surface area contributed by atoms with E-state index in [2.05, 4.69) is 31.3 Å². The Balaban J connectivity index is 2.14. The maximum Gasteiger partial charge on any atom is 0.243 e. The monoisotopic (exact) mass is 246 g/mol. The summed E-state index contributed by atoms with van der Waals surface area (Å²) >= 11 is 0. The molecule has 1 N–H and O–H groups in total. The minimum atomic E-state index is -0.00977. The van der Waals surface area contributed by atoms with E-state index in [9.17, 15) is 4.79 Å². The van der Waals surface area contributed by atoms with Crippen LogP contribution in [0.15, 0.2) is 18.2 Å². The molecule has 18 heavy (non-hydrogen) atoms. The van der Waals surface area contributed by atoms with Gasteiger partial charge in [0.2, 0.25) is 5.91 Å². The van der Waals surface area contributed by atoms with Crippen molar-refractivity contribution in [2.45, 2.75) is 39.2 Å². The Morgan fingerprint density at radius 3 is 2.72 bits per heavy atom. The van der Waals surface area contributed by atoms with Crippen molar-refractivity contribution in [3.63, 3.8) is 0 Å². The highest BCUT2D eigenvalue weighted by Crippen LogP contribution is 2.21. The van der Waals surface area contributed by atoms with E-state index in [-0.39, 0.29) is 11.9 Å². The number of rotatable bonds is 2. The lowest BCUT2D eigenvalue weighted by atomic mass is 10.0. The number of likely N-dealkylation sites (N-methyl/N-ethyl adjacent to an activating group) is 1. The van der Waals surface area contributed by atoms with Crippen LogP contribution in [0.2, 0.25) is 0 Å². The zero-order valence-corrected chi connectivity index (χ0v) is 11.5. The summed E-state index contributed by atoms with van der Waals surface area (Å²) in [6.07, 6.45) is 3.27. The van der Waals surface area contributed by atoms with Crippen molar-refractivity contribution in [2.75, 3.05) is 18.5 Å². The van der Waals surface area contributed by atoms with Gasteiger partial charge >= 0.3 is 0 Å². The Bertz CT molecular complexity index is 436. The summed E-state index contributed by atoms with van der Waals surface area (Å²) < 4.78 is 0. The highest BCUT2D eigenvalue weighted by Gasteiger charge is 2.24. The molecule has 3 heteroatoms. The molecule has 1 aliphatic rings. The number of aryl methyl sites for hydroxylation is 2. The van der Waals surface area contributed by atoms with Gasteiger partial charge in [0.25, 0.3) is 0 Å². The number of benzene rings is 1. The Morgan fingerprint density at radius 2 is 2.11 bits per heavy atom. The highest BCUT2D eigenvalue weighted by atomic mass is 16.2. The van der Waals surface area contributed by atoms with Crippen molar-refractivity contribution in [1.82, 2.24) is 5.32 Å². The van der Waals surface area contributed by atoms with Gasteiger partial charge in [-0.2, -0.15) is 0 Å². The number of nitrogens with one attached hydrogen (secondary N) is 1. The topological polar surface area (TPSA) is 32.3 Å². The second-order valence-electron chi connectivity index (χ2n) is 5.19. The normalized spacial score (nSPS) is 19.6. The predicted molar refractivity (Wildman–Crippen MR) is 75.0 cm³/mol. The highest BCUT2D eigenvalue weighted by molar-refractivity contribution is 5.97. The quantitative estimate of drug-likeness (QED) is 0.869. The lowest BCUT2D eigenvalue weighted by Gasteiger charge is -2.28. The van der Waals surface area contributed by atoms with Crippen LogP contribution < -0.4 is 10.2 Å². The van der Waals surface area contributed by atoms with Crippen LogP contribution in [0.3, 0.4) is 0 Å². The smallest absolute Gasteiger partial charge is 0.243 e. The summed E-state index contributed by atoms with van der Waals surface area (Å²) in [6.45, 7) is 5.08. The molecule has 1 aromatic carbocycles. The molecule has 1 atom stereocenters. The molecule has 0 spiro atoms. The Morgan fingerprint density at radius 1 is 1.33 bits per heavy atom. The molecule has 0 bridgehead atoms. The number of hydrogen-bond acceptors (Lipinski definition) is 2. The van der Waals surface area contributed by atoms with Crippen LogP contribution in [0.5, 0.6) is 0 Å². The predicted octanol–water partition coefficient (Wildman–Crippen LogP) is 2.41. The first kappa shape index (κ1) is 13.1. The van der Waals surface area contributed by atoms with E-state index in [1.165, 1.54) is 12.0 Å². The average Bonchev–Trinajstić information content (AvgIpc) is 2.38. The molecule has 0 radical (unpaired) electrons. The van der Waals surface area contributed by atoms with Gasteiger partial charge in [-0.15, -0.1) is 0 Å². The van der Waals surface area contributed by atoms with Crippen molar-refractivity contribution in [1.29, 1.82) is 0 Å². The molecule has 1 aliphatic heterocycles. The van der Waals surface area contributed by atoms with Crippen molar-refractivity contribution < 1.29 is 4.79 Å². The van der Waals surface area contributed by atoms with E-state index in [4.69, 9.17) is 0 Å². The van der Waals surface area contributed by atoms with Crippen LogP contribution in [0.1, 0.15) is 30.4 Å². The molecule has 0 aliphatic carbocycles. The van der Waals surface area contributed by atoms with Gasteiger partial charge in [-0.25, -0.2) is 0 Å². The maximum absolute atomic E-state index is 12.4. The van der Waals surface area contributed by atoms with Crippen molar-refractivity contribution in [2.24, 2.45) is 0 Å². The SMILES string of the molecule is Cc1ccc(N(C)C(=O)[C@H]2CCCCN2)c(C)c1. The van der Waals surface area contributed by atoms with Crippen LogP contribution in [-0.2, 0) is 4.79 Å². The van der Waals surface area contributed by atoms with Crippen LogP contribution in [-0.4, -0.2) is 25.5 Å². The number of anilines is 1. The van der Waals surface area contributed by atoms with Crippen molar-refractivity contribution in [3.8, 4) is 0 Å². The van der Waals surface area contributed by atoms with Gasteiger partial charge in [-0.3, -0.25) is 4.79 Å². The summed E-state index contributed by atoms with van der Waals surface area (Å²) in [4.78, 5) is 14.2. The van der Waals surface area contributed by atoms with Crippen LogP contribution >= 0.6 is 0 Å². The molecule has 98 valence electrons. The third-order valence-corrected chi connectivity index (χ3v) is 3.65. The molecule has 1 amide bonds. The van der Waals surface area contributed by atoms with E-state index in [0.717, 1.165) is 30.6 Å². The van der Waals surface area contributed by atoms with E-state index < -0.39 is 0 Å². The zero-order valence-electron chi connectivity index (χ0n) is 11.5. The summed E-state index contributed by atoms with van der Waals surface area (Å²) in [5.41, 5.74) is 3.40. The molecule has 0 aromatic heterocycles. The molecular weight excluding hydrogens is 224 g/mol. The molecule has 1 fully saturated rings. The fourth-order valence-electron chi connectivity index (χ4n) is 2.60. The van der Waals surface area contributed by atoms with Crippen LogP contribution in [0, 0.1) is 13.8 Å². The average molecular weight is 246 g/mol. The lowest BCUT2D eigenvalue weighted by Crippen LogP contribution is -2.47. The van der Waals surface area contributed by atoms with Crippen molar-refractivity contribution >= 4 is 11.6 Å². The minimum absolute atomic E-state index is 0.00977. The van der Waals surface area contributed by atoms with E-state index >= 15 is 0 Å². The summed E-state index contributed by atoms with van der Waals surface area (Å²) in [6, 6.07) is 6.20. The van der Waals surface area contributed by atoms with E-state index in [0.29, 0.717) is 0 Å². The lowest BCUT2D eigenvalue weighted by molar-refractivity contribution is -0.120. The van der Waals surface area contributed by atoms with Gasteiger partial charge < -0.3 is 10.2 Å². The standard InChI is InChI=1S/C15H22N2O/c1-11-7-8-14(12(2)10-11)17(3)15(18)13-6-4-5-9-16-13/h7-8,10,13,16H,4-6,9H2,1-3H3/t13-/m1/s1. The van der Waals surface area contributed by atoms with Gasteiger partial charge in [0, 0.05) is 12.7 Å². The number of nitrogens with zero attached hydrogens (tertiary/aromatic N) is 1. The Hall–Kier alpha value is -1.35. The first-order valence-corrected chi connectivity index (χ1v) is 6.68. The van der Waals surface area contributed by atoms with Gasteiger partial charge in [0.15, 0.2) is 0 Å². The van der Waals surface area contributed by atoms with Gasteiger partial charge in [0.1, 0.15) is 0 Å². The molecule has 2 rings (SSSR count). The first-order valence-electron chi connectivity index (χ1n) is 6.68. The molecule has 0 unspecified atom stereocenters. The number of piperidine rings is 1. The summed E-state index contributed by atoms with van der Waals surface area (Å²) in [5, 5.41) is 3.31. The summed E-state index contributed by atoms with van der Waals surface area (Å²) in [7, 11) is 1.87. The molecule has 0 saturated carbocycles. The number of carbonyl (C=O) groups excluding carboxylic acids is 1. The van der Waals surface area contributed by atoms with Crippen LogP contribution in [0.4, 0.5) is 5.69 Å². The van der Waals surface area contributed by atoms with Gasteiger partial charge in [-0.1, -0.05) is 24.1 Å². The zero-order chi connectivity index (χ0) is 13.1. The van der Waals surface area contributed by atoms with Crippen molar-refractivity contribution in [3.05, 3.63) is 29.3 Å². The molecule has 1 aromatic rings. The Kier molecular flexibility index (Phi) is 4.02. The number of amides is 1. The van der Waals surface area contributed by atoms with Crippen LogP contribution in [0.25, 0.3) is 0 Å². The third kappa shape index (κ3) is 2.72. The summed E-state index contributed by atoms with van der Waals surface area (Å²) in [5.74, 6) is 0.182.